The molecule has 0 saturated carbocycles. The van der Waals surface area contributed by atoms with Gasteiger partial charge in [0.1, 0.15) is 5.75 Å². The maximum Gasteiger partial charge on any atom is 0.133 e. The van der Waals surface area contributed by atoms with Crippen molar-refractivity contribution >= 4 is 27.5 Å². The van der Waals surface area contributed by atoms with Crippen molar-refractivity contribution < 1.29 is 4.74 Å². The van der Waals surface area contributed by atoms with E-state index in [1.165, 1.54) is 5.56 Å². The lowest BCUT2D eigenvalue weighted by Gasteiger charge is -2.11. The van der Waals surface area contributed by atoms with E-state index in [9.17, 15) is 0 Å². The van der Waals surface area contributed by atoms with Gasteiger partial charge < -0.3 is 4.74 Å². The molecule has 0 spiro atoms. The standard InChI is InChI=1S/C11H14BrClO/c1-8-3-4-11(10(12)5-8)14-7-9(2)6-13/h3-5,9H,6-7H2,1-2H3. The molecule has 1 unspecified atom stereocenters. The van der Waals surface area contributed by atoms with Crippen molar-refractivity contribution in [2.75, 3.05) is 12.5 Å². The van der Waals surface area contributed by atoms with Crippen molar-refractivity contribution in [3.63, 3.8) is 0 Å². The summed E-state index contributed by atoms with van der Waals surface area (Å²) in [5, 5.41) is 0. The van der Waals surface area contributed by atoms with Gasteiger partial charge in [0.25, 0.3) is 0 Å². The van der Waals surface area contributed by atoms with Crippen molar-refractivity contribution in [3.8, 4) is 5.75 Å². The summed E-state index contributed by atoms with van der Waals surface area (Å²) in [7, 11) is 0. The monoisotopic (exact) mass is 276 g/mol. The Labute approximate surface area is 98.5 Å². The van der Waals surface area contributed by atoms with Crippen LogP contribution in [-0.4, -0.2) is 12.5 Å². The van der Waals surface area contributed by atoms with E-state index in [4.69, 9.17) is 16.3 Å². The summed E-state index contributed by atoms with van der Waals surface area (Å²) >= 11 is 9.15. The van der Waals surface area contributed by atoms with Crippen LogP contribution in [0.2, 0.25) is 0 Å². The third-order valence-electron chi connectivity index (χ3n) is 1.87. The first-order chi connectivity index (χ1) is 6.63. The first-order valence-corrected chi connectivity index (χ1v) is 5.91. The van der Waals surface area contributed by atoms with Gasteiger partial charge in [-0.25, -0.2) is 0 Å². The van der Waals surface area contributed by atoms with E-state index >= 15 is 0 Å². The van der Waals surface area contributed by atoms with Crippen molar-refractivity contribution in [1.29, 1.82) is 0 Å². The zero-order valence-corrected chi connectivity index (χ0v) is 10.7. The molecular weight excluding hydrogens is 263 g/mol. The van der Waals surface area contributed by atoms with Gasteiger partial charge in [-0.15, -0.1) is 11.6 Å². The fourth-order valence-electron chi connectivity index (χ4n) is 1.000. The predicted molar refractivity (Wildman–Crippen MR) is 64.3 cm³/mol. The lowest BCUT2D eigenvalue weighted by atomic mass is 10.2. The Morgan fingerprint density at radius 1 is 1.50 bits per heavy atom. The van der Waals surface area contributed by atoms with E-state index in [1.807, 2.05) is 18.2 Å². The fraction of sp³-hybridized carbons (Fsp3) is 0.455. The van der Waals surface area contributed by atoms with Crippen LogP contribution in [0.5, 0.6) is 5.75 Å². The first kappa shape index (κ1) is 11.9. The van der Waals surface area contributed by atoms with E-state index in [2.05, 4.69) is 29.8 Å². The molecule has 3 heteroatoms. The number of halogens is 2. The molecule has 1 atom stereocenters. The number of rotatable bonds is 4. The average molecular weight is 278 g/mol. The minimum atomic E-state index is 0.380. The van der Waals surface area contributed by atoms with Crippen LogP contribution < -0.4 is 4.74 Å². The molecule has 0 aliphatic carbocycles. The van der Waals surface area contributed by atoms with Gasteiger partial charge in [0.2, 0.25) is 0 Å². The number of ether oxygens (including phenoxy) is 1. The highest BCUT2D eigenvalue weighted by atomic mass is 79.9. The molecule has 1 aromatic carbocycles. The Morgan fingerprint density at radius 3 is 2.79 bits per heavy atom. The molecule has 0 amide bonds. The van der Waals surface area contributed by atoms with Gasteiger partial charge in [0, 0.05) is 11.8 Å². The molecule has 0 fully saturated rings. The zero-order valence-electron chi connectivity index (χ0n) is 8.39. The van der Waals surface area contributed by atoms with Crippen molar-refractivity contribution in [3.05, 3.63) is 28.2 Å². The summed E-state index contributed by atoms with van der Waals surface area (Å²) < 4.78 is 6.61. The Bertz CT molecular complexity index is 301. The van der Waals surface area contributed by atoms with Gasteiger partial charge in [-0.3, -0.25) is 0 Å². The molecule has 78 valence electrons. The Balaban J connectivity index is 2.59. The van der Waals surface area contributed by atoms with E-state index in [-0.39, 0.29) is 0 Å². The molecular formula is C11H14BrClO. The van der Waals surface area contributed by atoms with Crippen molar-refractivity contribution in [2.45, 2.75) is 13.8 Å². The third kappa shape index (κ3) is 3.50. The van der Waals surface area contributed by atoms with Crippen LogP contribution in [0.25, 0.3) is 0 Å². The van der Waals surface area contributed by atoms with Crippen molar-refractivity contribution in [2.24, 2.45) is 5.92 Å². The summed E-state index contributed by atoms with van der Waals surface area (Å²) in [6.45, 7) is 4.77. The summed E-state index contributed by atoms with van der Waals surface area (Å²) in [6, 6.07) is 6.05. The smallest absolute Gasteiger partial charge is 0.133 e. The van der Waals surface area contributed by atoms with E-state index in [0.29, 0.717) is 18.4 Å². The summed E-state index contributed by atoms with van der Waals surface area (Å²) in [5.41, 5.74) is 1.22. The lowest BCUT2D eigenvalue weighted by Crippen LogP contribution is -2.09. The summed E-state index contributed by atoms with van der Waals surface area (Å²) in [5.74, 6) is 1.89. The molecule has 0 radical (unpaired) electrons. The number of aryl methyl sites for hydroxylation is 1. The van der Waals surface area contributed by atoms with Gasteiger partial charge in [-0.05, 0) is 40.5 Å². The van der Waals surface area contributed by atoms with Gasteiger partial charge in [0.15, 0.2) is 0 Å². The minimum Gasteiger partial charge on any atom is -0.492 e. The quantitative estimate of drug-likeness (QED) is 0.756. The minimum absolute atomic E-state index is 0.380. The van der Waals surface area contributed by atoms with E-state index < -0.39 is 0 Å². The molecule has 1 nitrogen and oxygen atoms in total. The Morgan fingerprint density at radius 2 is 2.21 bits per heavy atom. The third-order valence-corrected chi connectivity index (χ3v) is 3.02. The van der Waals surface area contributed by atoms with E-state index in [1.54, 1.807) is 0 Å². The molecule has 0 bridgehead atoms. The van der Waals surface area contributed by atoms with Gasteiger partial charge in [-0.2, -0.15) is 0 Å². The molecule has 1 rings (SSSR count). The highest BCUT2D eigenvalue weighted by Gasteiger charge is 2.04. The largest absolute Gasteiger partial charge is 0.492 e. The number of hydrogen-bond acceptors (Lipinski definition) is 1. The highest BCUT2D eigenvalue weighted by molar-refractivity contribution is 9.10. The summed E-state index contributed by atoms with van der Waals surface area (Å²) in [4.78, 5) is 0. The van der Waals surface area contributed by atoms with Gasteiger partial charge in [0.05, 0.1) is 11.1 Å². The first-order valence-electron chi connectivity index (χ1n) is 4.58. The molecule has 0 heterocycles. The van der Waals surface area contributed by atoms with Crippen LogP contribution in [-0.2, 0) is 0 Å². The molecule has 0 saturated heterocycles. The maximum atomic E-state index is 5.69. The maximum absolute atomic E-state index is 5.69. The van der Waals surface area contributed by atoms with Gasteiger partial charge >= 0.3 is 0 Å². The number of hydrogen-bond donors (Lipinski definition) is 0. The van der Waals surface area contributed by atoms with Crippen LogP contribution in [0.1, 0.15) is 12.5 Å². The van der Waals surface area contributed by atoms with Crippen LogP contribution in [0.3, 0.4) is 0 Å². The molecule has 0 aliphatic heterocycles. The molecule has 1 aromatic rings. The Hall–Kier alpha value is -0.210. The molecule has 0 aromatic heterocycles. The molecule has 0 N–H and O–H groups in total. The predicted octanol–water partition coefficient (Wildman–Crippen LogP) is 4.01. The van der Waals surface area contributed by atoms with Crippen LogP contribution in [0, 0.1) is 12.8 Å². The van der Waals surface area contributed by atoms with Crippen LogP contribution in [0.15, 0.2) is 22.7 Å². The number of alkyl halides is 1. The van der Waals surface area contributed by atoms with Gasteiger partial charge in [-0.1, -0.05) is 13.0 Å². The second-order valence-corrected chi connectivity index (χ2v) is 4.67. The Kier molecular flexibility index (Phi) is 4.76. The van der Waals surface area contributed by atoms with Crippen LogP contribution in [0.4, 0.5) is 0 Å². The second-order valence-electron chi connectivity index (χ2n) is 3.50. The lowest BCUT2D eigenvalue weighted by molar-refractivity contribution is 0.271. The zero-order chi connectivity index (χ0) is 10.6. The fourth-order valence-corrected chi connectivity index (χ4v) is 1.70. The normalized spacial score (nSPS) is 12.6. The van der Waals surface area contributed by atoms with Crippen LogP contribution >= 0.6 is 27.5 Å². The highest BCUT2D eigenvalue weighted by Crippen LogP contribution is 2.26. The van der Waals surface area contributed by atoms with Crippen molar-refractivity contribution in [1.82, 2.24) is 0 Å². The SMILES string of the molecule is Cc1ccc(OCC(C)CCl)c(Br)c1. The number of benzene rings is 1. The second kappa shape index (κ2) is 5.62. The molecule has 0 aliphatic rings. The average Bonchev–Trinajstić information content (AvgIpc) is 2.16. The molecule has 14 heavy (non-hydrogen) atoms. The topological polar surface area (TPSA) is 9.23 Å². The summed E-state index contributed by atoms with van der Waals surface area (Å²) in [6.07, 6.45) is 0. The van der Waals surface area contributed by atoms with E-state index in [0.717, 1.165) is 10.2 Å².